The first-order valence-electron chi connectivity index (χ1n) is 8.47. The first-order chi connectivity index (χ1) is 12.5. The fraction of sp³-hybridized carbons (Fsp3) is 0.200. The van der Waals surface area contributed by atoms with Crippen molar-refractivity contribution < 1.29 is 9.59 Å². The minimum Gasteiger partial charge on any atom is -0.361 e. The van der Waals surface area contributed by atoms with Gasteiger partial charge in [-0.2, -0.15) is 0 Å². The Morgan fingerprint density at radius 3 is 2.85 bits per heavy atom. The van der Waals surface area contributed by atoms with Crippen LogP contribution < -0.4 is 4.90 Å². The maximum absolute atomic E-state index is 12.9. The van der Waals surface area contributed by atoms with Crippen LogP contribution in [0.1, 0.15) is 17.3 Å². The summed E-state index contributed by atoms with van der Waals surface area (Å²) >= 11 is 6.04. The third-order valence-corrected chi connectivity index (χ3v) is 5.00. The average molecular weight is 368 g/mol. The van der Waals surface area contributed by atoms with E-state index in [0.717, 1.165) is 16.6 Å². The van der Waals surface area contributed by atoms with Crippen LogP contribution in [0.15, 0.2) is 54.7 Å². The van der Waals surface area contributed by atoms with Gasteiger partial charge in [0.25, 0.3) is 5.91 Å². The van der Waals surface area contributed by atoms with Crippen LogP contribution in [0.2, 0.25) is 5.02 Å². The molecule has 2 heterocycles. The third kappa shape index (κ3) is 2.95. The molecule has 0 aliphatic carbocycles. The lowest BCUT2D eigenvalue weighted by atomic mass is 10.1. The molecule has 1 aliphatic heterocycles. The van der Waals surface area contributed by atoms with Crippen molar-refractivity contribution in [2.24, 2.45) is 0 Å². The summed E-state index contributed by atoms with van der Waals surface area (Å²) in [7, 11) is 0. The number of fused-ring (bicyclic) bond motifs is 1. The van der Waals surface area contributed by atoms with Crippen LogP contribution in [0, 0.1) is 0 Å². The summed E-state index contributed by atoms with van der Waals surface area (Å²) in [6.45, 7) is 2.45. The number of benzene rings is 2. The monoisotopic (exact) mass is 367 g/mol. The van der Waals surface area contributed by atoms with E-state index in [0.29, 0.717) is 17.1 Å². The molecule has 2 aromatic carbocycles. The first-order valence-corrected chi connectivity index (χ1v) is 8.85. The number of piperazine rings is 1. The van der Waals surface area contributed by atoms with Crippen LogP contribution >= 0.6 is 11.6 Å². The summed E-state index contributed by atoms with van der Waals surface area (Å²) in [6.07, 6.45) is 1.84. The van der Waals surface area contributed by atoms with Crippen molar-refractivity contribution in [2.45, 2.75) is 13.0 Å². The van der Waals surface area contributed by atoms with Gasteiger partial charge < -0.3 is 14.8 Å². The maximum Gasteiger partial charge on any atom is 0.254 e. The number of H-pyrrole nitrogens is 1. The summed E-state index contributed by atoms with van der Waals surface area (Å²) in [5, 5.41) is 1.56. The highest BCUT2D eigenvalue weighted by atomic mass is 35.5. The molecule has 1 fully saturated rings. The topological polar surface area (TPSA) is 56.4 Å². The van der Waals surface area contributed by atoms with E-state index in [-0.39, 0.29) is 24.4 Å². The number of nitrogens with one attached hydrogen (secondary N) is 1. The van der Waals surface area contributed by atoms with E-state index in [1.54, 1.807) is 28.0 Å². The molecule has 0 spiro atoms. The molecule has 0 radical (unpaired) electrons. The number of aromatic amines is 1. The SMILES string of the molecule is C[C@H]1CN(c2cccc(Cl)c2)C(=O)CN1C(=O)c1ccc2[nH]ccc2c1. The summed E-state index contributed by atoms with van der Waals surface area (Å²) in [6, 6.07) is 14.6. The van der Waals surface area contributed by atoms with E-state index in [2.05, 4.69) is 4.98 Å². The molecular formula is C20H18ClN3O2. The maximum atomic E-state index is 12.9. The highest BCUT2D eigenvalue weighted by Crippen LogP contribution is 2.25. The summed E-state index contributed by atoms with van der Waals surface area (Å²) in [5.74, 6) is -0.235. The van der Waals surface area contributed by atoms with Crippen molar-refractivity contribution in [3.63, 3.8) is 0 Å². The summed E-state index contributed by atoms with van der Waals surface area (Å²) < 4.78 is 0. The molecule has 5 nitrogen and oxygen atoms in total. The van der Waals surface area contributed by atoms with Gasteiger partial charge in [-0.15, -0.1) is 0 Å². The van der Waals surface area contributed by atoms with E-state index in [1.165, 1.54) is 0 Å². The van der Waals surface area contributed by atoms with Crippen molar-refractivity contribution in [3.05, 3.63) is 65.3 Å². The van der Waals surface area contributed by atoms with Gasteiger partial charge in [-0.3, -0.25) is 9.59 Å². The van der Waals surface area contributed by atoms with Crippen LogP contribution in [0.4, 0.5) is 5.69 Å². The molecule has 1 atom stereocenters. The number of carbonyl (C=O) groups excluding carboxylic acids is 2. The van der Waals surface area contributed by atoms with Crippen molar-refractivity contribution in [3.8, 4) is 0 Å². The first kappa shape index (κ1) is 16.7. The molecule has 0 bridgehead atoms. The Bertz CT molecular complexity index is 997. The number of aromatic nitrogens is 1. The van der Waals surface area contributed by atoms with Gasteiger partial charge in [-0.1, -0.05) is 17.7 Å². The van der Waals surface area contributed by atoms with Crippen LogP contribution in [0.3, 0.4) is 0 Å². The van der Waals surface area contributed by atoms with Gasteiger partial charge in [0.15, 0.2) is 0 Å². The van der Waals surface area contributed by atoms with Gasteiger partial charge in [0.05, 0.1) is 0 Å². The van der Waals surface area contributed by atoms with Crippen LogP contribution in [0.25, 0.3) is 10.9 Å². The molecular weight excluding hydrogens is 350 g/mol. The lowest BCUT2D eigenvalue weighted by Gasteiger charge is -2.39. The standard InChI is InChI=1S/C20H18ClN3O2/c1-13-11-24(17-4-2-3-16(21)10-17)19(25)12-23(13)20(26)15-5-6-18-14(9-15)7-8-22-18/h2-10,13,22H,11-12H2,1H3/t13-/m0/s1. The molecule has 6 heteroatoms. The molecule has 132 valence electrons. The summed E-state index contributed by atoms with van der Waals surface area (Å²) in [4.78, 5) is 32.0. The Hall–Kier alpha value is -2.79. The molecule has 1 saturated heterocycles. The number of nitrogens with zero attached hydrogens (tertiary/aromatic N) is 2. The number of carbonyl (C=O) groups is 2. The lowest BCUT2D eigenvalue weighted by Crippen LogP contribution is -2.57. The quantitative estimate of drug-likeness (QED) is 0.750. The Morgan fingerprint density at radius 1 is 1.19 bits per heavy atom. The van der Waals surface area contributed by atoms with Crippen LogP contribution in [-0.4, -0.2) is 40.8 Å². The molecule has 1 aromatic heterocycles. The van der Waals surface area contributed by atoms with Gasteiger partial charge in [0.2, 0.25) is 5.91 Å². The van der Waals surface area contributed by atoms with Crippen molar-refractivity contribution in [1.29, 1.82) is 0 Å². The molecule has 0 unspecified atom stereocenters. The molecule has 1 N–H and O–H groups in total. The second kappa shape index (κ2) is 6.50. The summed E-state index contributed by atoms with van der Waals surface area (Å²) in [5.41, 5.74) is 2.33. The van der Waals surface area contributed by atoms with Gasteiger partial charge in [0.1, 0.15) is 6.54 Å². The van der Waals surface area contributed by atoms with Gasteiger partial charge in [-0.25, -0.2) is 0 Å². The number of halogens is 1. The van der Waals surface area contributed by atoms with E-state index >= 15 is 0 Å². The number of rotatable bonds is 2. The van der Waals surface area contributed by atoms with E-state index in [1.807, 2.05) is 43.5 Å². The Morgan fingerprint density at radius 2 is 2.04 bits per heavy atom. The number of amides is 2. The van der Waals surface area contributed by atoms with Crippen molar-refractivity contribution >= 4 is 40.0 Å². The fourth-order valence-electron chi connectivity index (χ4n) is 3.37. The van der Waals surface area contributed by atoms with Crippen molar-refractivity contribution in [2.75, 3.05) is 18.0 Å². The average Bonchev–Trinajstić information content (AvgIpc) is 3.10. The molecule has 26 heavy (non-hydrogen) atoms. The number of anilines is 1. The zero-order valence-corrected chi connectivity index (χ0v) is 15.0. The molecule has 3 aromatic rings. The Labute approximate surface area is 156 Å². The molecule has 1 aliphatic rings. The normalized spacial score (nSPS) is 17.8. The predicted octanol–water partition coefficient (Wildman–Crippen LogP) is 3.70. The Kier molecular flexibility index (Phi) is 4.17. The third-order valence-electron chi connectivity index (χ3n) is 4.77. The molecule has 0 saturated carbocycles. The van der Waals surface area contributed by atoms with E-state index in [4.69, 9.17) is 11.6 Å². The van der Waals surface area contributed by atoms with Gasteiger partial charge in [0, 0.05) is 46.0 Å². The fourth-order valence-corrected chi connectivity index (χ4v) is 3.55. The molecule has 2 amide bonds. The number of hydrogen-bond donors (Lipinski definition) is 1. The minimum absolute atomic E-state index is 0.0533. The zero-order valence-electron chi connectivity index (χ0n) is 14.3. The highest BCUT2D eigenvalue weighted by molar-refractivity contribution is 6.31. The van der Waals surface area contributed by atoms with Crippen LogP contribution in [0.5, 0.6) is 0 Å². The zero-order chi connectivity index (χ0) is 18.3. The number of hydrogen-bond acceptors (Lipinski definition) is 2. The second-order valence-electron chi connectivity index (χ2n) is 6.55. The smallest absolute Gasteiger partial charge is 0.254 e. The largest absolute Gasteiger partial charge is 0.361 e. The van der Waals surface area contributed by atoms with Gasteiger partial charge >= 0.3 is 0 Å². The van der Waals surface area contributed by atoms with Gasteiger partial charge in [-0.05, 0) is 49.4 Å². The van der Waals surface area contributed by atoms with E-state index in [9.17, 15) is 9.59 Å². The second-order valence-corrected chi connectivity index (χ2v) is 6.98. The predicted molar refractivity (Wildman–Crippen MR) is 103 cm³/mol. The highest BCUT2D eigenvalue weighted by Gasteiger charge is 2.33. The lowest BCUT2D eigenvalue weighted by molar-refractivity contribution is -0.121. The van der Waals surface area contributed by atoms with E-state index < -0.39 is 0 Å². The van der Waals surface area contributed by atoms with Crippen LogP contribution in [-0.2, 0) is 4.79 Å². The minimum atomic E-state index is -0.125. The Balaban J connectivity index is 1.57. The molecule has 4 rings (SSSR count). The van der Waals surface area contributed by atoms with Crippen molar-refractivity contribution in [1.82, 2.24) is 9.88 Å².